The number of imidazole rings is 1. The largest absolute Gasteiger partial charge is 0.491 e. The van der Waals surface area contributed by atoms with Crippen LogP contribution in [0.4, 0.5) is 8.78 Å². The van der Waals surface area contributed by atoms with Crippen molar-refractivity contribution in [2.24, 2.45) is 0 Å². The van der Waals surface area contributed by atoms with Crippen molar-refractivity contribution in [3.63, 3.8) is 0 Å². The van der Waals surface area contributed by atoms with Gasteiger partial charge in [-0.1, -0.05) is 0 Å². The molecular formula is C23H24F2N4O3. The van der Waals surface area contributed by atoms with Crippen LogP contribution in [0.1, 0.15) is 31.1 Å². The number of ether oxygens (including phenoxy) is 2. The summed E-state index contributed by atoms with van der Waals surface area (Å²) in [6, 6.07) is 6.69. The molecule has 2 atom stereocenters. The predicted octanol–water partition coefficient (Wildman–Crippen LogP) is 3.90. The molecule has 7 nitrogen and oxygen atoms in total. The van der Waals surface area contributed by atoms with Crippen LogP contribution in [0.15, 0.2) is 48.9 Å². The third-order valence-corrected chi connectivity index (χ3v) is 5.49. The van der Waals surface area contributed by atoms with Gasteiger partial charge in [0.05, 0.1) is 30.6 Å². The van der Waals surface area contributed by atoms with E-state index in [9.17, 15) is 13.6 Å². The maximum Gasteiger partial charge on any atom is 0.223 e. The molecule has 1 aliphatic rings. The van der Waals surface area contributed by atoms with Gasteiger partial charge in [0.1, 0.15) is 11.6 Å². The van der Waals surface area contributed by atoms with E-state index < -0.39 is 11.6 Å². The maximum atomic E-state index is 13.7. The molecule has 1 saturated heterocycles. The number of hydrogen-bond donors (Lipinski definition) is 1. The maximum absolute atomic E-state index is 13.7. The van der Waals surface area contributed by atoms with Crippen molar-refractivity contribution in [1.82, 2.24) is 19.9 Å². The molecule has 1 N–H and O–H groups in total. The highest BCUT2D eigenvalue weighted by Crippen LogP contribution is 2.33. The molecule has 0 radical (unpaired) electrons. The third kappa shape index (κ3) is 4.94. The lowest BCUT2D eigenvalue weighted by molar-refractivity contribution is -0.132. The van der Waals surface area contributed by atoms with Crippen molar-refractivity contribution >= 4 is 5.91 Å². The number of aromatic amines is 1. The topological polar surface area (TPSA) is 80.3 Å². The highest BCUT2D eigenvalue weighted by atomic mass is 19.1. The molecule has 3 aromatic rings. The average molecular weight is 442 g/mol. The molecule has 32 heavy (non-hydrogen) atoms. The van der Waals surface area contributed by atoms with Crippen LogP contribution in [-0.2, 0) is 9.53 Å². The minimum atomic E-state index is -0.763. The van der Waals surface area contributed by atoms with Gasteiger partial charge in [0.2, 0.25) is 5.91 Å². The van der Waals surface area contributed by atoms with Gasteiger partial charge in [-0.15, -0.1) is 0 Å². The van der Waals surface area contributed by atoms with Gasteiger partial charge in [-0.05, 0) is 30.7 Å². The van der Waals surface area contributed by atoms with Gasteiger partial charge in [-0.25, -0.2) is 13.8 Å². The van der Waals surface area contributed by atoms with Gasteiger partial charge in [-0.2, -0.15) is 0 Å². The lowest BCUT2D eigenvalue weighted by Crippen LogP contribution is -2.32. The lowest BCUT2D eigenvalue weighted by Gasteiger charge is -2.23. The van der Waals surface area contributed by atoms with Crippen molar-refractivity contribution in [3.8, 4) is 17.0 Å². The lowest BCUT2D eigenvalue weighted by atomic mass is 10.1. The van der Waals surface area contributed by atoms with Crippen molar-refractivity contribution in [1.29, 1.82) is 0 Å². The number of rotatable bonds is 8. The number of nitrogens with zero attached hydrogens (tertiary/aromatic N) is 3. The molecular weight excluding hydrogens is 418 g/mol. The molecule has 1 aromatic carbocycles. The first kappa shape index (κ1) is 21.9. The fraction of sp³-hybridized carbons (Fsp3) is 0.348. The minimum absolute atomic E-state index is 0.0316. The molecule has 0 aliphatic carbocycles. The first-order valence-corrected chi connectivity index (χ1v) is 10.4. The number of hydrogen-bond acceptors (Lipinski definition) is 5. The Labute approximate surface area is 184 Å². The summed E-state index contributed by atoms with van der Waals surface area (Å²) in [5.74, 6) is -0.821. The first-order valence-electron chi connectivity index (χ1n) is 10.4. The molecule has 168 valence electrons. The molecule has 1 aliphatic heterocycles. The zero-order valence-corrected chi connectivity index (χ0v) is 17.6. The van der Waals surface area contributed by atoms with Crippen molar-refractivity contribution in [3.05, 3.63) is 66.4 Å². The van der Waals surface area contributed by atoms with Crippen LogP contribution in [0.5, 0.6) is 5.75 Å². The number of carbonyl (C=O) groups excluding carboxylic acids is 1. The highest BCUT2D eigenvalue weighted by Gasteiger charge is 2.37. The summed E-state index contributed by atoms with van der Waals surface area (Å²) in [7, 11) is 1.63. The summed E-state index contributed by atoms with van der Waals surface area (Å²) >= 11 is 0. The number of benzene rings is 1. The van der Waals surface area contributed by atoms with E-state index in [0.717, 1.165) is 23.4 Å². The van der Waals surface area contributed by atoms with Crippen LogP contribution in [0, 0.1) is 11.6 Å². The van der Waals surface area contributed by atoms with Crippen LogP contribution < -0.4 is 4.74 Å². The van der Waals surface area contributed by atoms with Crippen LogP contribution in [0.3, 0.4) is 0 Å². The van der Waals surface area contributed by atoms with E-state index in [0.29, 0.717) is 25.2 Å². The van der Waals surface area contributed by atoms with Crippen LogP contribution >= 0.6 is 0 Å². The van der Waals surface area contributed by atoms with Crippen molar-refractivity contribution < 1.29 is 23.0 Å². The summed E-state index contributed by atoms with van der Waals surface area (Å²) in [6.07, 6.45) is 6.37. The number of methoxy groups -OCH3 is 1. The van der Waals surface area contributed by atoms with Crippen LogP contribution in [0.25, 0.3) is 11.3 Å². The average Bonchev–Trinajstić information content (AvgIpc) is 3.45. The summed E-state index contributed by atoms with van der Waals surface area (Å²) < 4.78 is 37.5. The summed E-state index contributed by atoms with van der Waals surface area (Å²) in [6.45, 7) is 0.614. The zero-order valence-electron chi connectivity index (χ0n) is 17.6. The summed E-state index contributed by atoms with van der Waals surface area (Å²) in [5, 5.41) is 0. The quantitative estimate of drug-likeness (QED) is 0.536. The van der Waals surface area contributed by atoms with Gasteiger partial charge < -0.3 is 19.4 Å². The van der Waals surface area contributed by atoms with Gasteiger partial charge in [0.25, 0.3) is 0 Å². The molecule has 3 heterocycles. The molecule has 4 rings (SSSR count). The van der Waals surface area contributed by atoms with Crippen LogP contribution in [0.2, 0.25) is 0 Å². The molecule has 1 fully saturated rings. The monoisotopic (exact) mass is 442 g/mol. The number of halogens is 2. The van der Waals surface area contributed by atoms with E-state index in [2.05, 4.69) is 15.0 Å². The van der Waals surface area contributed by atoms with Gasteiger partial charge >= 0.3 is 0 Å². The Bertz CT molecular complexity index is 1060. The van der Waals surface area contributed by atoms with Gasteiger partial charge in [-0.3, -0.25) is 9.78 Å². The normalized spacial score (nSPS) is 18.2. The van der Waals surface area contributed by atoms with E-state index in [4.69, 9.17) is 9.47 Å². The summed E-state index contributed by atoms with van der Waals surface area (Å²) in [5.41, 5.74) is 1.74. The molecule has 1 amide bonds. The molecule has 2 aromatic heterocycles. The van der Waals surface area contributed by atoms with E-state index in [1.807, 2.05) is 12.1 Å². The molecule has 0 unspecified atom stereocenters. The fourth-order valence-electron chi connectivity index (χ4n) is 3.82. The fourth-order valence-corrected chi connectivity index (χ4v) is 3.82. The Kier molecular flexibility index (Phi) is 6.75. The SMILES string of the molecule is CO[C@@H]1C[C@H](c2ncc(-c3cccnc3)[nH]2)N(C(=O)CCCOc2ccc(F)cc2F)C1. The van der Waals surface area contributed by atoms with E-state index in [1.54, 1.807) is 30.6 Å². The second kappa shape index (κ2) is 9.86. The Hall–Kier alpha value is -3.33. The number of aromatic nitrogens is 3. The smallest absolute Gasteiger partial charge is 0.223 e. The van der Waals surface area contributed by atoms with E-state index in [-0.39, 0.29) is 36.8 Å². The number of H-pyrrole nitrogens is 1. The third-order valence-electron chi connectivity index (χ3n) is 5.49. The van der Waals surface area contributed by atoms with Crippen LogP contribution in [-0.4, -0.2) is 52.1 Å². The first-order chi connectivity index (χ1) is 15.5. The minimum Gasteiger partial charge on any atom is -0.491 e. The standard InChI is InChI=1S/C23H24F2N4O3/c1-31-17-11-20(23-27-13-19(28-23)15-4-2-8-26-12-15)29(14-17)22(30)5-3-9-32-21-7-6-16(24)10-18(21)25/h2,4,6-8,10,12-13,17,20H,3,5,9,11,14H2,1H3,(H,27,28)/t17-,20-/m1/s1. The number of carbonyl (C=O) groups is 1. The number of nitrogens with one attached hydrogen (secondary N) is 1. The second-order valence-electron chi connectivity index (χ2n) is 7.61. The highest BCUT2D eigenvalue weighted by molar-refractivity contribution is 5.77. The Morgan fingerprint density at radius 2 is 2.16 bits per heavy atom. The second-order valence-corrected chi connectivity index (χ2v) is 7.61. The van der Waals surface area contributed by atoms with Crippen molar-refractivity contribution in [2.45, 2.75) is 31.4 Å². The molecule has 0 spiro atoms. The van der Waals surface area contributed by atoms with E-state index in [1.165, 1.54) is 6.07 Å². The number of amides is 1. The Morgan fingerprint density at radius 3 is 2.91 bits per heavy atom. The summed E-state index contributed by atoms with van der Waals surface area (Å²) in [4.78, 5) is 26.6. The Balaban J connectivity index is 1.37. The molecule has 0 saturated carbocycles. The zero-order chi connectivity index (χ0) is 22.5. The van der Waals surface area contributed by atoms with Crippen molar-refractivity contribution in [2.75, 3.05) is 20.3 Å². The van der Waals surface area contributed by atoms with Gasteiger partial charge in [0, 0.05) is 50.5 Å². The van der Waals surface area contributed by atoms with E-state index >= 15 is 0 Å². The molecule has 0 bridgehead atoms. The van der Waals surface area contributed by atoms with Gasteiger partial charge in [0.15, 0.2) is 11.6 Å². The predicted molar refractivity (Wildman–Crippen MR) is 113 cm³/mol. The number of pyridine rings is 1. The number of likely N-dealkylation sites (tertiary alicyclic amines) is 1. The Morgan fingerprint density at radius 1 is 1.28 bits per heavy atom. The molecule has 9 heteroatoms.